The van der Waals surface area contributed by atoms with E-state index in [0.29, 0.717) is 6.42 Å². The van der Waals surface area contributed by atoms with Gasteiger partial charge in [-0.2, -0.15) is 0 Å². The Morgan fingerprint density at radius 1 is 0.886 bits per heavy atom. The topological polar surface area (TPSA) is 54.5 Å². The van der Waals surface area contributed by atoms with E-state index in [0.717, 1.165) is 74.2 Å². The van der Waals surface area contributed by atoms with Gasteiger partial charge in [-0.1, -0.05) is 31.0 Å². The summed E-state index contributed by atoms with van der Waals surface area (Å²) in [5.74, 6) is 2.53. The Balaban J connectivity index is 1.33. The summed E-state index contributed by atoms with van der Waals surface area (Å²) in [6.07, 6.45) is 11.4. The lowest BCUT2D eigenvalue weighted by Gasteiger charge is -2.42. The minimum atomic E-state index is -0.141. The maximum atomic E-state index is 13.9. The number of likely N-dealkylation sites (tertiary alicyclic amines) is 3. The Morgan fingerprint density at radius 2 is 1.64 bits per heavy atom. The zero-order chi connectivity index (χ0) is 30.9. The van der Waals surface area contributed by atoms with Crippen molar-refractivity contribution in [2.24, 2.45) is 0 Å². The van der Waals surface area contributed by atoms with Gasteiger partial charge in [0.1, 0.15) is 5.75 Å². The first kappa shape index (κ1) is 32.6. The second-order valence-corrected chi connectivity index (χ2v) is 13.5. The molecule has 2 aromatic carbocycles. The molecule has 7 heteroatoms. The minimum absolute atomic E-state index is 0.101. The lowest BCUT2D eigenvalue weighted by Crippen LogP contribution is -2.48. The van der Waals surface area contributed by atoms with E-state index in [-0.39, 0.29) is 17.4 Å². The Morgan fingerprint density at radius 3 is 2.36 bits per heavy atom. The highest BCUT2D eigenvalue weighted by atomic mass is 16.5. The molecule has 5 rings (SSSR count). The monoisotopic (exact) mass is 605 g/mol. The molecule has 3 saturated heterocycles. The van der Waals surface area contributed by atoms with Crippen LogP contribution in [0, 0.1) is 0 Å². The van der Waals surface area contributed by atoms with Crippen LogP contribution in [0.4, 0.5) is 0 Å². The van der Waals surface area contributed by atoms with E-state index in [1.165, 1.54) is 63.8 Å². The highest BCUT2D eigenvalue weighted by Gasteiger charge is 2.38. The molecule has 0 aromatic heterocycles. The van der Waals surface area contributed by atoms with Crippen molar-refractivity contribution in [3.63, 3.8) is 0 Å². The average molecular weight is 606 g/mol. The molecule has 0 bridgehead atoms. The summed E-state index contributed by atoms with van der Waals surface area (Å²) in [7, 11) is 3.40. The number of benzene rings is 2. The smallest absolute Gasteiger partial charge is 0.227 e. The number of carbonyl (C=O) groups excluding carboxylic acids is 1. The normalized spacial score (nSPS) is 22.5. The van der Waals surface area contributed by atoms with Crippen LogP contribution in [0.2, 0.25) is 0 Å². The molecule has 3 aliphatic heterocycles. The van der Waals surface area contributed by atoms with Crippen LogP contribution in [0.3, 0.4) is 0 Å². The number of rotatable bonds is 11. The fraction of sp³-hybridized carbons (Fsp3) is 0.649. The summed E-state index contributed by atoms with van der Waals surface area (Å²) >= 11 is 0. The third-order valence-corrected chi connectivity index (χ3v) is 10.2. The van der Waals surface area contributed by atoms with E-state index < -0.39 is 0 Å². The number of carbonyl (C=O) groups is 1. The lowest BCUT2D eigenvalue weighted by atomic mass is 9.73. The Labute approximate surface area is 265 Å². The number of methoxy groups -OCH3 is 2. The van der Waals surface area contributed by atoms with E-state index in [1.54, 1.807) is 14.2 Å². The Hall–Kier alpha value is -2.77. The summed E-state index contributed by atoms with van der Waals surface area (Å²) in [6.45, 7) is 11.5. The molecule has 0 saturated carbocycles. The summed E-state index contributed by atoms with van der Waals surface area (Å²) in [5.41, 5.74) is 2.12. The third-order valence-electron chi connectivity index (χ3n) is 10.2. The summed E-state index contributed by atoms with van der Waals surface area (Å²) in [5, 5.41) is 0. The number of hydrogen-bond acceptors (Lipinski definition) is 6. The van der Waals surface area contributed by atoms with Crippen LogP contribution in [0.1, 0.15) is 82.8 Å². The van der Waals surface area contributed by atoms with Crippen molar-refractivity contribution < 1.29 is 19.0 Å². The van der Waals surface area contributed by atoms with Crippen molar-refractivity contribution in [1.82, 2.24) is 14.7 Å². The van der Waals surface area contributed by atoms with Crippen molar-refractivity contribution in [3.05, 3.63) is 53.6 Å². The van der Waals surface area contributed by atoms with Gasteiger partial charge < -0.3 is 28.9 Å². The van der Waals surface area contributed by atoms with Crippen LogP contribution in [0.15, 0.2) is 42.5 Å². The molecule has 2 aromatic rings. The van der Waals surface area contributed by atoms with Crippen LogP contribution in [-0.4, -0.2) is 92.8 Å². The summed E-state index contributed by atoms with van der Waals surface area (Å²) in [6, 6.07) is 15.2. The third kappa shape index (κ3) is 8.28. The maximum absolute atomic E-state index is 13.9. The summed E-state index contributed by atoms with van der Waals surface area (Å²) < 4.78 is 17.3. The highest BCUT2D eigenvalue weighted by Crippen LogP contribution is 2.41. The number of piperidine rings is 2. The number of ether oxygens (including phenoxy) is 3. The quantitative estimate of drug-likeness (QED) is 0.299. The fourth-order valence-corrected chi connectivity index (χ4v) is 7.70. The van der Waals surface area contributed by atoms with Crippen LogP contribution in [0.25, 0.3) is 0 Å². The molecule has 242 valence electrons. The first-order valence-electron chi connectivity index (χ1n) is 17.1. The van der Waals surface area contributed by atoms with E-state index in [9.17, 15) is 4.79 Å². The molecular formula is C37H55N3O4. The maximum Gasteiger partial charge on any atom is 0.227 e. The van der Waals surface area contributed by atoms with Gasteiger partial charge in [0.2, 0.25) is 5.91 Å². The van der Waals surface area contributed by atoms with Crippen molar-refractivity contribution in [2.45, 2.75) is 95.6 Å². The number of amides is 1. The van der Waals surface area contributed by atoms with Gasteiger partial charge in [0, 0.05) is 24.5 Å². The SMILES string of the molecule is COc1ccc([C@@]2(CCN3CCC(N4CCCCC4)CC3)CCCCN(C(=O)Cc3cccc(OC(C)C)c3)C2)cc1OC. The van der Waals surface area contributed by atoms with Crippen molar-refractivity contribution in [1.29, 1.82) is 0 Å². The molecular weight excluding hydrogens is 550 g/mol. The second kappa shape index (κ2) is 15.5. The van der Waals surface area contributed by atoms with Gasteiger partial charge in [0.05, 0.1) is 26.7 Å². The van der Waals surface area contributed by atoms with Crippen LogP contribution in [-0.2, 0) is 16.6 Å². The van der Waals surface area contributed by atoms with Crippen LogP contribution < -0.4 is 14.2 Å². The molecule has 0 unspecified atom stereocenters. The second-order valence-electron chi connectivity index (χ2n) is 13.5. The van der Waals surface area contributed by atoms with Gasteiger partial charge >= 0.3 is 0 Å². The lowest BCUT2D eigenvalue weighted by molar-refractivity contribution is -0.131. The zero-order valence-corrected chi connectivity index (χ0v) is 27.7. The van der Waals surface area contributed by atoms with Crippen LogP contribution in [0.5, 0.6) is 17.2 Å². The number of hydrogen-bond donors (Lipinski definition) is 0. The van der Waals surface area contributed by atoms with Gasteiger partial charge in [0.25, 0.3) is 0 Å². The van der Waals surface area contributed by atoms with Gasteiger partial charge in [-0.05, 0) is 127 Å². The Kier molecular flexibility index (Phi) is 11.5. The van der Waals surface area contributed by atoms with E-state index >= 15 is 0 Å². The molecule has 7 nitrogen and oxygen atoms in total. The molecule has 3 fully saturated rings. The zero-order valence-electron chi connectivity index (χ0n) is 27.7. The van der Waals surface area contributed by atoms with E-state index in [4.69, 9.17) is 14.2 Å². The molecule has 0 aliphatic carbocycles. The van der Waals surface area contributed by atoms with Crippen molar-refractivity contribution >= 4 is 5.91 Å². The predicted octanol–water partition coefficient (Wildman–Crippen LogP) is 6.32. The first-order valence-corrected chi connectivity index (χ1v) is 17.1. The van der Waals surface area contributed by atoms with Gasteiger partial charge in [-0.15, -0.1) is 0 Å². The molecule has 3 aliphatic rings. The van der Waals surface area contributed by atoms with Crippen LogP contribution >= 0.6 is 0 Å². The average Bonchev–Trinajstić information content (AvgIpc) is 3.28. The highest BCUT2D eigenvalue weighted by molar-refractivity contribution is 5.79. The van der Waals surface area contributed by atoms with Crippen molar-refractivity contribution in [3.8, 4) is 17.2 Å². The minimum Gasteiger partial charge on any atom is -0.493 e. The molecule has 44 heavy (non-hydrogen) atoms. The number of nitrogens with zero attached hydrogens (tertiary/aromatic N) is 3. The van der Waals surface area contributed by atoms with Gasteiger partial charge in [-0.25, -0.2) is 0 Å². The Bertz CT molecular complexity index is 1200. The largest absolute Gasteiger partial charge is 0.493 e. The van der Waals surface area contributed by atoms with Gasteiger partial charge in [0.15, 0.2) is 11.5 Å². The fourth-order valence-electron chi connectivity index (χ4n) is 7.70. The molecule has 0 spiro atoms. The van der Waals surface area contributed by atoms with Gasteiger partial charge in [-0.3, -0.25) is 4.79 Å². The molecule has 1 amide bonds. The molecule has 3 heterocycles. The van der Waals surface area contributed by atoms with E-state index in [2.05, 4.69) is 26.8 Å². The molecule has 0 radical (unpaired) electrons. The predicted molar refractivity (Wildman–Crippen MR) is 177 cm³/mol. The molecule has 1 atom stereocenters. The van der Waals surface area contributed by atoms with E-state index in [1.807, 2.05) is 44.2 Å². The standard InChI is InChI=1S/C37H55N3O4/c1-29(2)44-33-12-10-11-30(25-33)26-36(41)40-21-9-6-17-37(28-40,31-13-14-34(42-3)35(27-31)43-4)18-24-38-22-15-32(16-23-38)39-19-7-5-8-20-39/h10-14,25,27,29,32H,5-9,15-24,26,28H2,1-4H3/t37-/m1/s1. The summed E-state index contributed by atoms with van der Waals surface area (Å²) in [4.78, 5) is 21.5. The molecule has 0 N–H and O–H groups in total. The van der Waals surface area contributed by atoms with Crippen molar-refractivity contribution in [2.75, 3.05) is 60.0 Å². The first-order chi connectivity index (χ1) is 21.4.